The van der Waals surface area contributed by atoms with Gasteiger partial charge in [0.15, 0.2) is 0 Å². The predicted molar refractivity (Wildman–Crippen MR) is 128 cm³/mol. The molecule has 0 unspecified atom stereocenters. The number of esters is 1. The van der Waals surface area contributed by atoms with E-state index < -0.39 is 5.97 Å². The van der Waals surface area contributed by atoms with Crippen molar-refractivity contribution in [3.05, 3.63) is 69.2 Å². The number of aromatic nitrogens is 1. The second-order valence-electron chi connectivity index (χ2n) is 9.01. The molecule has 0 bridgehead atoms. The molecule has 2 aromatic rings. The number of carbonyl (C=O) groups is 2. The molecule has 0 spiro atoms. The number of allylic oxidation sites excluding steroid dienone is 1. The molecule has 0 N–H and O–H groups in total. The Morgan fingerprint density at radius 1 is 1.18 bits per heavy atom. The number of methoxy groups -OCH3 is 1. The number of hydrogen-bond acceptors (Lipinski definition) is 4. The van der Waals surface area contributed by atoms with Gasteiger partial charge in [0.1, 0.15) is 0 Å². The third kappa shape index (κ3) is 4.15. The van der Waals surface area contributed by atoms with E-state index in [2.05, 4.69) is 49.6 Å². The minimum Gasteiger partial charge on any atom is -0.465 e. The molecule has 1 aromatic heterocycles. The summed E-state index contributed by atoms with van der Waals surface area (Å²) in [5.41, 5.74) is 7.81. The van der Waals surface area contributed by atoms with Crippen LogP contribution >= 0.6 is 0 Å². The van der Waals surface area contributed by atoms with Crippen molar-refractivity contribution in [3.8, 4) is 5.69 Å². The summed E-state index contributed by atoms with van der Waals surface area (Å²) in [7, 11) is 1.35. The van der Waals surface area contributed by atoms with E-state index in [1.807, 2.05) is 13.0 Å². The van der Waals surface area contributed by atoms with Crippen molar-refractivity contribution < 1.29 is 19.1 Å². The van der Waals surface area contributed by atoms with Crippen LogP contribution in [0.15, 0.2) is 41.1 Å². The van der Waals surface area contributed by atoms with Gasteiger partial charge in [0.2, 0.25) is 0 Å². The van der Waals surface area contributed by atoms with Crippen LogP contribution < -0.4 is 0 Å². The average molecular weight is 449 g/mol. The highest BCUT2D eigenvalue weighted by Crippen LogP contribution is 2.34. The fourth-order valence-electron chi connectivity index (χ4n) is 4.96. The summed E-state index contributed by atoms with van der Waals surface area (Å²) in [6.07, 6.45) is 3.74. The highest BCUT2D eigenvalue weighted by Gasteiger charge is 2.38. The third-order valence-electron chi connectivity index (χ3n) is 6.67. The van der Waals surface area contributed by atoms with Crippen LogP contribution in [0.1, 0.15) is 47.8 Å². The zero-order valence-electron chi connectivity index (χ0n) is 20.3. The standard InChI is InChI=1S/C27H32N2O4/c1-16-9-10-24(17(2)12-16)29-18(3)13-21(19(29)4)14-23-25(27(31)32-6)20(5)28(26(23)30)15-22-8-7-11-33-22/h9-10,12-14,22H,7-8,11,15H2,1-6H3/b23-14+/t22-/m1/s1. The van der Waals surface area contributed by atoms with Gasteiger partial charge in [-0.15, -0.1) is 0 Å². The van der Waals surface area contributed by atoms with Crippen molar-refractivity contribution in [3.63, 3.8) is 0 Å². The molecule has 1 atom stereocenters. The number of amides is 1. The van der Waals surface area contributed by atoms with Crippen LogP contribution in [-0.2, 0) is 19.1 Å². The number of hydrogen-bond donors (Lipinski definition) is 0. The molecule has 1 saturated heterocycles. The summed E-state index contributed by atoms with van der Waals surface area (Å²) in [5, 5.41) is 0. The SMILES string of the molecule is COC(=O)C1=C(C)N(C[C@H]2CCCO2)C(=O)/C1=C/c1cc(C)n(-c2ccc(C)cc2C)c1C. The molecular formula is C27H32N2O4. The number of rotatable bonds is 5. The lowest BCUT2D eigenvalue weighted by atomic mass is 10.0. The average Bonchev–Trinajstić information content (AvgIpc) is 3.44. The molecule has 3 heterocycles. The van der Waals surface area contributed by atoms with E-state index in [-0.39, 0.29) is 12.0 Å². The van der Waals surface area contributed by atoms with Crippen LogP contribution in [0, 0.1) is 27.7 Å². The van der Waals surface area contributed by atoms with E-state index in [1.165, 1.54) is 18.2 Å². The fraction of sp³-hybridized carbons (Fsp3) is 0.407. The van der Waals surface area contributed by atoms with Crippen molar-refractivity contribution in [1.29, 1.82) is 0 Å². The molecule has 1 amide bonds. The first-order chi connectivity index (χ1) is 15.7. The molecule has 1 aromatic carbocycles. The van der Waals surface area contributed by atoms with E-state index in [0.29, 0.717) is 30.0 Å². The summed E-state index contributed by atoms with van der Waals surface area (Å²) in [6.45, 7) is 11.2. The van der Waals surface area contributed by atoms with Crippen LogP contribution in [0.2, 0.25) is 0 Å². The second-order valence-corrected chi connectivity index (χ2v) is 9.01. The Morgan fingerprint density at radius 2 is 1.94 bits per heavy atom. The molecule has 1 fully saturated rings. The Labute approximate surface area is 195 Å². The highest BCUT2D eigenvalue weighted by atomic mass is 16.5. The second kappa shape index (κ2) is 9.02. The fourth-order valence-corrected chi connectivity index (χ4v) is 4.96. The molecule has 174 valence electrons. The van der Waals surface area contributed by atoms with E-state index in [9.17, 15) is 9.59 Å². The molecule has 33 heavy (non-hydrogen) atoms. The Hall–Kier alpha value is -3.12. The van der Waals surface area contributed by atoms with Crippen LogP contribution in [0.4, 0.5) is 0 Å². The van der Waals surface area contributed by atoms with Crippen LogP contribution in [-0.4, -0.2) is 47.7 Å². The number of aryl methyl sites for hydroxylation is 3. The minimum absolute atomic E-state index is 0.00303. The van der Waals surface area contributed by atoms with E-state index in [4.69, 9.17) is 9.47 Å². The molecule has 0 radical (unpaired) electrons. The Bertz CT molecular complexity index is 1180. The Morgan fingerprint density at radius 3 is 2.58 bits per heavy atom. The van der Waals surface area contributed by atoms with Gasteiger partial charge in [0.25, 0.3) is 5.91 Å². The van der Waals surface area contributed by atoms with Crippen molar-refractivity contribution in [2.45, 2.75) is 53.6 Å². The number of ether oxygens (including phenoxy) is 2. The molecule has 6 heteroatoms. The van der Waals surface area contributed by atoms with Crippen LogP contribution in [0.3, 0.4) is 0 Å². The van der Waals surface area contributed by atoms with Gasteiger partial charge >= 0.3 is 5.97 Å². The van der Waals surface area contributed by atoms with E-state index in [1.54, 1.807) is 11.8 Å². The number of carbonyl (C=O) groups excluding carboxylic acids is 2. The van der Waals surface area contributed by atoms with Gasteiger partial charge in [-0.05, 0) is 76.8 Å². The summed E-state index contributed by atoms with van der Waals surface area (Å²) in [5.74, 6) is -0.676. The van der Waals surface area contributed by atoms with Crippen molar-refractivity contribution in [1.82, 2.24) is 9.47 Å². The van der Waals surface area contributed by atoms with Gasteiger partial charge in [-0.25, -0.2) is 4.79 Å². The van der Waals surface area contributed by atoms with E-state index >= 15 is 0 Å². The highest BCUT2D eigenvalue weighted by molar-refractivity contribution is 6.16. The monoisotopic (exact) mass is 448 g/mol. The maximum absolute atomic E-state index is 13.4. The third-order valence-corrected chi connectivity index (χ3v) is 6.67. The van der Waals surface area contributed by atoms with Gasteiger partial charge in [-0.2, -0.15) is 0 Å². The van der Waals surface area contributed by atoms with Crippen LogP contribution in [0.5, 0.6) is 0 Å². The Kier molecular flexibility index (Phi) is 6.30. The predicted octanol–water partition coefficient (Wildman–Crippen LogP) is 4.56. The minimum atomic E-state index is -0.495. The van der Waals surface area contributed by atoms with Gasteiger partial charge < -0.3 is 18.9 Å². The normalized spacial score (nSPS) is 19.8. The maximum Gasteiger partial charge on any atom is 0.340 e. The zero-order valence-corrected chi connectivity index (χ0v) is 20.3. The Balaban J connectivity index is 1.77. The number of nitrogens with zero attached hydrogens (tertiary/aromatic N) is 2. The first-order valence-electron chi connectivity index (χ1n) is 11.4. The maximum atomic E-state index is 13.4. The van der Waals surface area contributed by atoms with Gasteiger partial charge in [-0.1, -0.05) is 17.7 Å². The molecule has 4 rings (SSSR count). The summed E-state index contributed by atoms with van der Waals surface area (Å²) in [6, 6.07) is 8.44. The summed E-state index contributed by atoms with van der Waals surface area (Å²) >= 11 is 0. The lowest BCUT2D eigenvalue weighted by Gasteiger charge is -2.21. The summed E-state index contributed by atoms with van der Waals surface area (Å²) in [4.78, 5) is 27.8. The molecule has 0 saturated carbocycles. The quantitative estimate of drug-likeness (QED) is 0.497. The van der Waals surface area contributed by atoms with E-state index in [0.717, 1.165) is 35.5 Å². The van der Waals surface area contributed by atoms with Crippen molar-refractivity contribution in [2.24, 2.45) is 0 Å². The van der Waals surface area contributed by atoms with Gasteiger partial charge in [-0.3, -0.25) is 4.79 Å². The molecular weight excluding hydrogens is 416 g/mol. The number of benzene rings is 1. The first-order valence-corrected chi connectivity index (χ1v) is 11.4. The summed E-state index contributed by atoms with van der Waals surface area (Å²) < 4.78 is 13.0. The smallest absolute Gasteiger partial charge is 0.340 e. The molecule has 6 nitrogen and oxygen atoms in total. The van der Waals surface area contributed by atoms with Crippen LogP contribution in [0.25, 0.3) is 11.8 Å². The van der Waals surface area contributed by atoms with Gasteiger partial charge in [0.05, 0.1) is 30.9 Å². The van der Waals surface area contributed by atoms with Crippen molar-refractivity contribution >= 4 is 18.0 Å². The zero-order chi connectivity index (χ0) is 23.9. The molecule has 2 aliphatic heterocycles. The molecule has 2 aliphatic rings. The lowest BCUT2D eigenvalue weighted by molar-refractivity contribution is -0.136. The van der Waals surface area contributed by atoms with Crippen molar-refractivity contribution in [2.75, 3.05) is 20.3 Å². The molecule has 0 aliphatic carbocycles. The first kappa shape index (κ1) is 23.1. The largest absolute Gasteiger partial charge is 0.465 e. The lowest BCUT2D eigenvalue weighted by Crippen LogP contribution is -2.33. The van der Waals surface area contributed by atoms with Gasteiger partial charge in [0, 0.05) is 29.4 Å². The topological polar surface area (TPSA) is 60.8 Å².